The smallest absolute Gasteiger partial charge is 0.264 e. The van der Waals surface area contributed by atoms with E-state index in [9.17, 15) is 13.2 Å². The maximum atomic E-state index is 13.5. The molecule has 0 bridgehead atoms. The Kier molecular flexibility index (Phi) is 7.31. The third-order valence-corrected chi connectivity index (χ3v) is 6.43. The highest BCUT2D eigenvalue weighted by Crippen LogP contribution is 2.28. The fourth-order valence-corrected chi connectivity index (χ4v) is 4.46. The van der Waals surface area contributed by atoms with Gasteiger partial charge in [-0.25, -0.2) is 8.42 Å². The fraction of sp³-hybridized carbons (Fsp3) is 0.208. The zero-order chi connectivity index (χ0) is 22.3. The number of carbonyl (C=O) groups is 1. The summed E-state index contributed by atoms with van der Waals surface area (Å²) in [5.74, 6) is 0.279. The van der Waals surface area contributed by atoms with Gasteiger partial charge in [-0.1, -0.05) is 48.0 Å². The van der Waals surface area contributed by atoms with Gasteiger partial charge in [-0.05, 0) is 55.8 Å². The van der Waals surface area contributed by atoms with Crippen molar-refractivity contribution in [2.45, 2.75) is 25.3 Å². The molecule has 31 heavy (non-hydrogen) atoms. The summed E-state index contributed by atoms with van der Waals surface area (Å²) in [6.07, 6.45) is 0. The van der Waals surface area contributed by atoms with Gasteiger partial charge in [-0.3, -0.25) is 9.10 Å². The van der Waals surface area contributed by atoms with Crippen molar-refractivity contribution < 1.29 is 17.9 Å². The molecule has 0 radical (unpaired) electrons. The summed E-state index contributed by atoms with van der Waals surface area (Å²) in [4.78, 5) is 11.8. The van der Waals surface area contributed by atoms with Crippen LogP contribution in [0.2, 0.25) is 0 Å². The minimum absolute atomic E-state index is 0.0947. The number of nitrogens with one attached hydrogen (secondary N) is 1. The molecule has 0 aliphatic rings. The summed E-state index contributed by atoms with van der Waals surface area (Å²) >= 11 is 0. The number of carbonyl (C=O) groups excluding carboxylic acids is 1. The number of aryl methyl sites for hydroxylation is 1. The Bertz CT molecular complexity index is 1100. The van der Waals surface area contributed by atoms with Gasteiger partial charge in [0.1, 0.15) is 5.75 Å². The Morgan fingerprint density at radius 1 is 0.935 bits per heavy atom. The Labute approximate surface area is 183 Å². The van der Waals surface area contributed by atoms with Crippen LogP contribution in [-0.2, 0) is 21.4 Å². The van der Waals surface area contributed by atoms with Crippen molar-refractivity contribution in [2.24, 2.45) is 0 Å². The van der Waals surface area contributed by atoms with Crippen LogP contribution in [0.4, 0.5) is 5.69 Å². The van der Waals surface area contributed by atoms with Crippen LogP contribution in [0.3, 0.4) is 0 Å². The number of likely N-dealkylation sites (N-methyl/N-ethyl adjacent to an activating group) is 1. The van der Waals surface area contributed by atoms with Crippen LogP contribution in [0.5, 0.6) is 5.75 Å². The average Bonchev–Trinajstić information content (AvgIpc) is 2.78. The van der Waals surface area contributed by atoms with Crippen molar-refractivity contribution in [3.63, 3.8) is 0 Å². The first-order valence-electron chi connectivity index (χ1n) is 10.0. The molecule has 162 valence electrons. The second kappa shape index (κ2) is 10.1. The highest BCUT2D eigenvalue weighted by atomic mass is 32.2. The van der Waals surface area contributed by atoms with E-state index in [2.05, 4.69) is 5.32 Å². The summed E-state index contributed by atoms with van der Waals surface area (Å²) < 4.78 is 33.8. The van der Waals surface area contributed by atoms with Crippen molar-refractivity contribution in [1.82, 2.24) is 5.32 Å². The average molecular weight is 439 g/mol. The van der Waals surface area contributed by atoms with Crippen molar-refractivity contribution in [1.29, 1.82) is 0 Å². The number of hydrogen-bond acceptors (Lipinski definition) is 4. The van der Waals surface area contributed by atoms with E-state index >= 15 is 0 Å². The minimum atomic E-state index is -3.79. The van der Waals surface area contributed by atoms with Gasteiger partial charge in [-0.15, -0.1) is 0 Å². The molecule has 0 saturated heterocycles. The predicted molar refractivity (Wildman–Crippen MR) is 122 cm³/mol. The van der Waals surface area contributed by atoms with Crippen LogP contribution < -0.4 is 14.4 Å². The molecule has 0 aromatic heterocycles. The monoisotopic (exact) mass is 438 g/mol. The van der Waals surface area contributed by atoms with Gasteiger partial charge >= 0.3 is 0 Å². The highest BCUT2D eigenvalue weighted by Gasteiger charge is 2.25. The number of hydrogen-bond donors (Lipinski definition) is 1. The van der Waals surface area contributed by atoms with Crippen LogP contribution in [0.15, 0.2) is 83.8 Å². The molecule has 3 rings (SSSR count). The summed E-state index contributed by atoms with van der Waals surface area (Å²) in [6.45, 7) is 4.38. The molecule has 1 amide bonds. The molecule has 7 heteroatoms. The second-order valence-corrected chi connectivity index (χ2v) is 8.91. The molecule has 0 spiro atoms. The number of ether oxygens (including phenoxy) is 1. The number of benzene rings is 3. The van der Waals surface area contributed by atoms with Crippen LogP contribution in [0.1, 0.15) is 18.1 Å². The van der Waals surface area contributed by atoms with Gasteiger partial charge < -0.3 is 10.1 Å². The summed E-state index contributed by atoms with van der Waals surface area (Å²) in [6, 6.07) is 22.9. The van der Waals surface area contributed by atoms with Gasteiger partial charge in [0.05, 0.1) is 17.1 Å². The lowest BCUT2D eigenvalue weighted by Gasteiger charge is -2.25. The molecule has 1 N–H and O–H groups in total. The van der Waals surface area contributed by atoms with E-state index in [1.807, 2.05) is 44.2 Å². The summed E-state index contributed by atoms with van der Waals surface area (Å²) in [7, 11) is -3.79. The minimum Gasteiger partial charge on any atom is -0.484 e. The van der Waals surface area contributed by atoms with Crippen molar-refractivity contribution in [3.05, 3.63) is 90.0 Å². The number of nitrogens with zero attached hydrogens (tertiary/aromatic N) is 1. The molecule has 0 saturated carbocycles. The number of amides is 1. The Morgan fingerprint density at radius 2 is 1.58 bits per heavy atom. The quantitative estimate of drug-likeness (QED) is 0.550. The molecule has 3 aromatic rings. The first-order chi connectivity index (χ1) is 14.9. The number of sulfonamides is 1. The third kappa shape index (κ3) is 5.86. The SMILES string of the molecule is CCNC(=O)COc1ccc(N(Cc2ccccc2)S(=O)(=O)c2ccc(C)cc2)cc1. The van der Waals surface area contributed by atoms with E-state index < -0.39 is 10.0 Å². The standard InChI is InChI=1S/C24H26N2O4S/c1-3-25-24(27)18-30-22-13-11-21(12-14-22)26(17-20-7-5-4-6-8-20)31(28,29)23-15-9-19(2)10-16-23/h4-16H,3,17-18H2,1-2H3,(H,25,27). The van der Waals surface area contributed by atoms with Gasteiger partial charge in [0, 0.05) is 6.54 Å². The Balaban J connectivity index is 1.89. The largest absolute Gasteiger partial charge is 0.484 e. The molecule has 0 aliphatic heterocycles. The Hall–Kier alpha value is -3.32. The van der Waals surface area contributed by atoms with E-state index in [1.165, 1.54) is 4.31 Å². The molecule has 0 aliphatic carbocycles. The van der Waals surface area contributed by atoms with Gasteiger partial charge in [0.15, 0.2) is 6.61 Å². The molecule has 0 unspecified atom stereocenters. The summed E-state index contributed by atoms with van der Waals surface area (Å²) in [5, 5.41) is 2.66. The van der Waals surface area contributed by atoms with Crippen molar-refractivity contribution >= 4 is 21.6 Å². The van der Waals surface area contributed by atoms with Crippen LogP contribution in [0.25, 0.3) is 0 Å². The van der Waals surface area contributed by atoms with E-state index in [4.69, 9.17) is 4.74 Å². The summed E-state index contributed by atoms with van der Waals surface area (Å²) in [5.41, 5.74) is 2.37. The maximum Gasteiger partial charge on any atom is 0.264 e. The molecule has 6 nitrogen and oxygen atoms in total. The first kappa shape index (κ1) is 22.4. The van der Waals surface area contributed by atoms with Gasteiger partial charge in [0.2, 0.25) is 0 Å². The molecule has 0 heterocycles. The predicted octanol–water partition coefficient (Wildman–Crippen LogP) is 3.91. The van der Waals surface area contributed by atoms with Crippen molar-refractivity contribution in [3.8, 4) is 5.75 Å². The van der Waals surface area contributed by atoms with Crippen LogP contribution in [0, 0.1) is 6.92 Å². The van der Waals surface area contributed by atoms with Crippen LogP contribution in [-0.4, -0.2) is 27.5 Å². The topological polar surface area (TPSA) is 75.7 Å². The highest BCUT2D eigenvalue weighted by molar-refractivity contribution is 7.92. The molecular formula is C24H26N2O4S. The molecule has 0 atom stereocenters. The number of anilines is 1. The van der Waals surface area contributed by atoms with E-state index in [1.54, 1.807) is 48.5 Å². The lowest BCUT2D eigenvalue weighted by molar-refractivity contribution is -0.122. The van der Waals surface area contributed by atoms with E-state index in [0.717, 1.165) is 11.1 Å². The lowest BCUT2D eigenvalue weighted by atomic mass is 10.2. The molecular weight excluding hydrogens is 412 g/mol. The third-order valence-electron chi connectivity index (χ3n) is 4.65. The van der Waals surface area contributed by atoms with Crippen molar-refractivity contribution in [2.75, 3.05) is 17.5 Å². The van der Waals surface area contributed by atoms with Crippen LogP contribution >= 0.6 is 0 Å². The zero-order valence-corrected chi connectivity index (χ0v) is 18.4. The normalized spacial score (nSPS) is 11.0. The first-order valence-corrected chi connectivity index (χ1v) is 11.5. The molecule has 3 aromatic carbocycles. The second-order valence-electron chi connectivity index (χ2n) is 7.05. The van der Waals surface area contributed by atoms with Gasteiger partial charge in [-0.2, -0.15) is 0 Å². The van der Waals surface area contributed by atoms with E-state index in [-0.39, 0.29) is 24.0 Å². The molecule has 0 fully saturated rings. The Morgan fingerprint density at radius 3 is 2.19 bits per heavy atom. The van der Waals surface area contributed by atoms with Gasteiger partial charge in [0.25, 0.3) is 15.9 Å². The number of rotatable bonds is 9. The zero-order valence-electron chi connectivity index (χ0n) is 17.6. The fourth-order valence-electron chi connectivity index (χ4n) is 3.01. The maximum absolute atomic E-state index is 13.5. The van der Waals surface area contributed by atoms with E-state index in [0.29, 0.717) is 18.0 Å². The lowest BCUT2D eigenvalue weighted by Crippen LogP contribution is -2.30.